The van der Waals surface area contributed by atoms with Crippen molar-refractivity contribution in [2.75, 3.05) is 36.5 Å². The normalized spacial score (nSPS) is 12.9. The summed E-state index contributed by atoms with van der Waals surface area (Å²) >= 11 is 6.67. The van der Waals surface area contributed by atoms with Gasteiger partial charge in [-0.05, 0) is 50.2 Å². The van der Waals surface area contributed by atoms with Crippen LogP contribution < -0.4 is 14.5 Å². The molecule has 0 spiro atoms. The molecule has 164 valence electrons. The van der Waals surface area contributed by atoms with Gasteiger partial charge in [-0.15, -0.1) is 0 Å². The van der Waals surface area contributed by atoms with Crippen molar-refractivity contribution in [1.82, 2.24) is 9.97 Å². The Morgan fingerprint density at radius 1 is 1.10 bits per heavy atom. The smallest absolute Gasteiger partial charge is 0.232 e. The highest BCUT2D eigenvalue weighted by molar-refractivity contribution is 6.33. The molecule has 1 heterocycles. The fourth-order valence-electron chi connectivity index (χ4n) is 4.13. The van der Waals surface area contributed by atoms with Gasteiger partial charge < -0.3 is 14.5 Å². The van der Waals surface area contributed by atoms with Gasteiger partial charge in [-0.3, -0.25) is 0 Å². The highest BCUT2D eigenvalue weighted by Crippen LogP contribution is 2.37. The van der Waals surface area contributed by atoms with Crippen LogP contribution in [0.4, 0.5) is 17.5 Å². The molecular weight excluding hydrogens is 396 g/mol. The maximum atomic E-state index is 6.67. The second-order valence-electron chi connectivity index (χ2n) is 8.43. The van der Waals surface area contributed by atoms with Gasteiger partial charge in [0.1, 0.15) is 11.6 Å². The van der Waals surface area contributed by atoms with Crippen LogP contribution in [-0.2, 0) is 12.8 Å². The molecule has 3 rings (SSSR count). The minimum absolute atomic E-state index is 0.436. The molecule has 0 unspecified atom stereocenters. The Kier molecular flexibility index (Phi) is 7.81. The molecule has 0 saturated carbocycles. The van der Waals surface area contributed by atoms with Crippen molar-refractivity contribution in [2.45, 2.75) is 59.8 Å². The first-order valence-electron chi connectivity index (χ1n) is 11.2. The van der Waals surface area contributed by atoms with Crippen LogP contribution in [0.25, 0.3) is 0 Å². The molecule has 0 amide bonds. The summed E-state index contributed by atoms with van der Waals surface area (Å²) in [5.74, 6) is 3.06. The number of methoxy groups -OCH3 is 1. The van der Waals surface area contributed by atoms with E-state index in [1.54, 1.807) is 7.11 Å². The lowest BCUT2D eigenvalue weighted by Crippen LogP contribution is -2.30. The second-order valence-corrected chi connectivity index (χ2v) is 8.84. The highest BCUT2D eigenvalue weighted by Gasteiger charge is 2.26. The number of nitrogens with zero attached hydrogens (tertiary/aromatic N) is 4. The molecule has 0 fully saturated rings. The zero-order valence-electron chi connectivity index (χ0n) is 19.0. The van der Waals surface area contributed by atoms with Crippen LogP contribution in [0.1, 0.15) is 58.2 Å². The van der Waals surface area contributed by atoms with Crippen LogP contribution in [0.15, 0.2) is 18.2 Å². The molecule has 30 heavy (non-hydrogen) atoms. The summed E-state index contributed by atoms with van der Waals surface area (Å²) in [4.78, 5) is 14.8. The second kappa shape index (κ2) is 10.3. The molecule has 1 aliphatic rings. The first-order chi connectivity index (χ1) is 14.5. The fourth-order valence-corrected chi connectivity index (χ4v) is 4.40. The zero-order valence-corrected chi connectivity index (χ0v) is 19.8. The molecule has 1 aliphatic carbocycles. The number of aromatic nitrogens is 2. The summed E-state index contributed by atoms with van der Waals surface area (Å²) in [7, 11) is 1.66. The van der Waals surface area contributed by atoms with E-state index in [-0.39, 0.29) is 0 Å². The molecule has 5 nitrogen and oxygen atoms in total. The minimum atomic E-state index is 0.436. The number of halogens is 1. The fraction of sp³-hybridized carbons (Fsp3) is 0.583. The van der Waals surface area contributed by atoms with E-state index in [9.17, 15) is 0 Å². The van der Waals surface area contributed by atoms with Crippen molar-refractivity contribution in [3.63, 3.8) is 0 Å². The van der Waals surface area contributed by atoms with Crippen LogP contribution in [0.5, 0.6) is 5.75 Å². The number of fused-ring (bicyclic) bond motifs is 1. The number of hydrogen-bond donors (Lipinski definition) is 0. The van der Waals surface area contributed by atoms with Gasteiger partial charge in [0.2, 0.25) is 5.95 Å². The Morgan fingerprint density at radius 3 is 2.43 bits per heavy atom. The predicted molar refractivity (Wildman–Crippen MR) is 127 cm³/mol. The zero-order chi connectivity index (χ0) is 21.7. The third-order valence-electron chi connectivity index (χ3n) is 5.42. The van der Waals surface area contributed by atoms with Crippen molar-refractivity contribution >= 4 is 29.1 Å². The van der Waals surface area contributed by atoms with E-state index in [1.807, 2.05) is 18.2 Å². The van der Waals surface area contributed by atoms with E-state index in [0.717, 1.165) is 74.9 Å². The quantitative estimate of drug-likeness (QED) is 0.459. The number of anilines is 3. The van der Waals surface area contributed by atoms with E-state index >= 15 is 0 Å². The minimum Gasteiger partial charge on any atom is -0.497 e. The van der Waals surface area contributed by atoms with Gasteiger partial charge in [0, 0.05) is 31.3 Å². The van der Waals surface area contributed by atoms with E-state index in [1.165, 1.54) is 11.3 Å². The predicted octanol–water partition coefficient (Wildman–Crippen LogP) is 6.05. The van der Waals surface area contributed by atoms with E-state index < -0.39 is 0 Å². The lowest BCUT2D eigenvalue weighted by Gasteiger charge is -2.30. The Morgan fingerprint density at radius 2 is 1.83 bits per heavy atom. The van der Waals surface area contributed by atoms with Crippen LogP contribution in [0, 0.1) is 5.92 Å². The molecule has 0 aliphatic heterocycles. The number of aryl methyl sites for hydroxylation is 1. The SMILES string of the molecule is CCCN(CCC)c1nc(N(CC(C)C)c2ccc(OC)cc2Cl)nc2c1CCC2. The standard InChI is InChI=1S/C24H35ClN4O/c1-6-13-28(14-7-2)23-19-9-8-10-21(19)26-24(27-23)29(16-17(3)4)22-12-11-18(30-5)15-20(22)25/h11-12,15,17H,6-10,13-14,16H2,1-5H3. The van der Waals surface area contributed by atoms with Crippen molar-refractivity contribution in [2.24, 2.45) is 5.92 Å². The van der Waals surface area contributed by atoms with Crippen molar-refractivity contribution in [3.8, 4) is 5.75 Å². The molecule has 0 bridgehead atoms. The largest absolute Gasteiger partial charge is 0.497 e. The van der Waals surface area contributed by atoms with Crippen LogP contribution >= 0.6 is 11.6 Å². The van der Waals surface area contributed by atoms with Crippen LogP contribution in [-0.4, -0.2) is 36.7 Å². The molecular formula is C24H35ClN4O. The average Bonchev–Trinajstić information content (AvgIpc) is 3.20. The van der Waals surface area contributed by atoms with E-state index in [4.69, 9.17) is 26.3 Å². The number of rotatable bonds is 10. The van der Waals surface area contributed by atoms with Gasteiger partial charge in [-0.1, -0.05) is 39.3 Å². The summed E-state index contributed by atoms with van der Waals surface area (Å²) < 4.78 is 5.34. The first-order valence-corrected chi connectivity index (χ1v) is 11.6. The summed E-state index contributed by atoms with van der Waals surface area (Å²) in [5.41, 5.74) is 3.46. The molecule has 2 aromatic rings. The molecule has 1 aromatic heterocycles. The van der Waals surface area contributed by atoms with Gasteiger partial charge in [0.25, 0.3) is 0 Å². The molecule has 0 saturated heterocycles. The number of benzene rings is 1. The Balaban J connectivity index is 2.11. The molecule has 0 N–H and O–H groups in total. The summed E-state index contributed by atoms with van der Waals surface area (Å²) in [6, 6.07) is 5.82. The summed E-state index contributed by atoms with van der Waals surface area (Å²) in [6.07, 6.45) is 5.46. The summed E-state index contributed by atoms with van der Waals surface area (Å²) in [6.45, 7) is 11.7. The Labute approximate surface area is 186 Å². The number of ether oxygens (including phenoxy) is 1. The maximum absolute atomic E-state index is 6.67. The highest BCUT2D eigenvalue weighted by atomic mass is 35.5. The van der Waals surface area contributed by atoms with Gasteiger partial charge in [0.05, 0.1) is 23.5 Å². The lowest BCUT2D eigenvalue weighted by atomic mass is 10.1. The van der Waals surface area contributed by atoms with Crippen LogP contribution in [0.3, 0.4) is 0 Å². The van der Waals surface area contributed by atoms with Crippen LogP contribution in [0.2, 0.25) is 5.02 Å². The van der Waals surface area contributed by atoms with Crippen molar-refractivity contribution < 1.29 is 4.74 Å². The van der Waals surface area contributed by atoms with Gasteiger partial charge in [-0.2, -0.15) is 4.98 Å². The number of hydrogen-bond acceptors (Lipinski definition) is 5. The molecule has 0 atom stereocenters. The average molecular weight is 431 g/mol. The van der Waals surface area contributed by atoms with E-state index in [0.29, 0.717) is 10.9 Å². The molecule has 0 radical (unpaired) electrons. The lowest BCUT2D eigenvalue weighted by molar-refractivity contribution is 0.415. The monoisotopic (exact) mass is 430 g/mol. The van der Waals surface area contributed by atoms with Crippen molar-refractivity contribution in [3.05, 3.63) is 34.5 Å². The third kappa shape index (κ3) is 5.00. The maximum Gasteiger partial charge on any atom is 0.232 e. The molecule has 6 heteroatoms. The third-order valence-corrected chi connectivity index (χ3v) is 5.72. The molecule has 1 aromatic carbocycles. The van der Waals surface area contributed by atoms with Gasteiger partial charge in [0.15, 0.2) is 0 Å². The topological polar surface area (TPSA) is 41.5 Å². The van der Waals surface area contributed by atoms with Gasteiger partial charge >= 0.3 is 0 Å². The summed E-state index contributed by atoms with van der Waals surface area (Å²) in [5, 5.41) is 0.652. The van der Waals surface area contributed by atoms with Crippen molar-refractivity contribution in [1.29, 1.82) is 0 Å². The Bertz CT molecular complexity index is 849. The Hall–Kier alpha value is -2.01. The van der Waals surface area contributed by atoms with Gasteiger partial charge in [-0.25, -0.2) is 4.98 Å². The first kappa shape index (κ1) is 22.7. The van der Waals surface area contributed by atoms with E-state index in [2.05, 4.69) is 37.5 Å².